The number of aromatic hydroxyl groups is 1. The van der Waals surface area contributed by atoms with E-state index >= 15 is 0 Å². The molecular formula is C15H14ClFO. The topological polar surface area (TPSA) is 20.2 Å². The Morgan fingerprint density at radius 3 is 2.78 bits per heavy atom. The van der Waals surface area contributed by atoms with E-state index in [1.165, 1.54) is 12.1 Å². The van der Waals surface area contributed by atoms with E-state index in [0.717, 1.165) is 29.4 Å². The molecular weight excluding hydrogens is 251 g/mol. The normalized spacial score (nSPS) is 10.8. The molecule has 0 spiro atoms. The van der Waals surface area contributed by atoms with Crippen LogP contribution in [-0.4, -0.2) is 11.0 Å². The van der Waals surface area contributed by atoms with E-state index in [9.17, 15) is 9.50 Å². The van der Waals surface area contributed by atoms with Crippen molar-refractivity contribution >= 4 is 27.9 Å². The number of alkyl halides is 1. The van der Waals surface area contributed by atoms with Crippen molar-refractivity contribution in [1.82, 2.24) is 0 Å². The van der Waals surface area contributed by atoms with Gasteiger partial charge in [0.05, 0.1) is 0 Å². The monoisotopic (exact) mass is 264 g/mol. The highest BCUT2D eigenvalue weighted by Gasteiger charge is 2.08. The molecule has 0 aromatic heterocycles. The highest BCUT2D eigenvalue weighted by molar-refractivity contribution is 6.17. The van der Waals surface area contributed by atoms with Crippen LogP contribution in [0.1, 0.15) is 18.4 Å². The van der Waals surface area contributed by atoms with E-state index < -0.39 is 0 Å². The largest absolute Gasteiger partial charge is 0.508 e. The number of hydrogen-bond acceptors (Lipinski definition) is 1. The van der Waals surface area contributed by atoms with E-state index in [2.05, 4.69) is 6.58 Å². The quantitative estimate of drug-likeness (QED) is 0.793. The third kappa shape index (κ3) is 2.65. The lowest BCUT2D eigenvalue weighted by Gasteiger charge is -2.10. The molecule has 1 N–H and O–H groups in total. The maximum atomic E-state index is 13.2. The van der Waals surface area contributed by atoms with Crippen LogP contribution in [0.3, 0.4) is 0 Å². The van der Waals surface area contributed by atoms with Gasteiger partial charge in [0.2, 0.25) is 0 Å². The van der Waals surface area contributed by atoms with Gasteiger partial charge in [-0.1, -0.05) is 12.6 Å². The lowest BCUT2D eigenvalue weighted by atomic mass is 9.96. The van der Waals surface area contributed by atoms with Gasteiger partial charge in [-0.15, -0.1) is 11.6 Å². The van der Waals surface area contributed by atoms with Crippen LogP contribution in [0.2, 0.25) is 0 Å². The number of phenols is 1. The van der Waals surface area contributed by atoms with Crippen molar-refractivity contribution in [3.8, 4) is 5.75 Å². The van der Waals surface area contributed by atoms with Crippen LogP contribution in [-0.2, 0) is 0 Å². The van der Waals surface area contributed by atoms with Gasteiger partial charge in [-0.2, -0.15) is 0 Å². The van der Waals surface area contributed by atoms with Crippen LogP contribution in [0.4, 0.5) is 4.39 Å². The minimum absolute atomic E-state index is 0.120. The molecule has 0 radical (unpaired) electrons. The Labute approximate surface area is 111 Å². The maximum Gasteiger partial charge on any atom is 0.123 e. The second-order valence-electron chi connectivity index (χ2n) is 4.25. The third-order valence-electron chi connectivity index (χ3n) is 2.89. The van der Waals surface area contributed by atoms with E-state index in [0.29, 0.717) is 11.3 Å². The zero-order valence-corrected chi connectivity index (χ0v) is 10.7. The lowest BCUT2D eigenvalue weighted by Crippen LogP contribution is -1.88. The summed E-state index contributed by atoms with van der Waals surface area (Å²) in [6, 6.07) is 7.75. The number of hydrogen-bond donors (Lipinski definition) is 1. The molecule has 1 nitrogen and oxygen atoms in total. The van der Waals surface area contributed by atoms with Gasteiger partial charge < -0.3 is 5.11 Å². The summed E-state index contributed by atoms with van der Waals surface area (Å²) >= 11 is 5.66. The molecule has 3 heteroatoms. The second kappa shape index (κ2) is 5.40. The van der Waals surface area contributed by atoms with Gasteiger partial charge in [-0.05, 0) is 59.0 Å². The first kappa shape index (κ1) is 12.9. The maximum absolute atomic E-state index is 13.2. The lowest BCUT2D eigenvalue weighted by molar-refractivity contribution is 0.476. The summed E-state index contributed by atoms with van der Waals surface area (Å²) < 4.78 is 13.2. The molecule has 94 valence electrons. The van der Waals surface area contributed by atoms with E-state index in [-0.39, 0.29) is 11.6 Å². The average Bonchev–Trinajstić information content (AvgIpc) is 2.34. The molecule has 0 saturated carbocycles. The number of fused-ring (bicyclic) bond motifs is 1. The summed E-state index contributed by atoms with van der Waals surface area (Å²) in [4.78, 5) is 0. The van der Waals surface area contributed by atoms with Crippen molar-refractivity contribution < 1.29 is 9.50 Å². The third-order valence-corrected chi connectivity index (χ3v) is 3.16. The number of allylic oxidation sites excluding steroid dienone is 1. The van der Waals surface area contributed by atoms with Gasteiger partial charge in [0.1, 0.15) is 11.6 Å². The fourth-order valence-electron chi connectivity index (χ4n) is 2.03. The van der Waals surface area contributed by atoms with Gasteiger partial charge in [0.15, 0.2) is 0 Å². The Kier molecular flexibility index (Phi) is 3.87. The molecule has 0 amide bonds. The fourth-order valence-corrected chi connectivity index (χ4v) is 2.17. The van der Waals surface area contributed by atoms with Gasteiger partial charge >= 0.3 is 0 Å². The Morgan fingerprint density at radius 1 is 1.28 bits per heavy atom. The molecule has 2 rings (SSSR count). The SMILES string of the molecule is C=C(CCCCl)c1cc(O)cc2cc(F)ccc12. The molecule has 0 heterocycles. The van der Waals surface area contributed by atoms with Crippen molar-refractivity contribution in [2.45, 2.75) is 12.8 Å². The van der Waals surface area contributed by atoms with Crippen LogP contribution < -0.4 is 0 Å². The van der Waals surface area contributed by atoms with Gasteiger partial charge in [0, 0.05) is 5.88 Å². The second-order valence-corrected chi connectivity index (χ2v) is 4.63. The number of benzene rings is 2. The molecule has 0 fully saturated rings. The van der Waals surface area contributed by atoms with Crippen molar-refractivity contribution in [3.63, 3.8) is 0 Å². The predicted molar refractivity (Wildman–Crippen MR) is 74.6 cm³/mol. The minimum atomic E-state index is -0.314. The molecule has 2 aromatic rings. The van der Waals surface area contributed by atoms with E-state index in [1.54, 1.807) is 18.2 Å². The van der Waals surface area contributed by atoms with Crippen LogP contribution in [0.5, 0.6) is 5.75 Å². The summed E-state index contributed by atoms with van der Waals surface area (Å²) in [6.07, 6.45) is 1.60. The van der Waals surface area contributed by atoms with Gasteiger partial charge in [0.25, 0.3) is 0 Å². The molecule has 0 aliphatic carbocycles. The van der Waals surface area contributed by atoms with Crippen LogP contribution >= 0.6 is 11.6 Å². The smallest absolute Gasteiger partial charge is 0.123 e. The number of phenolic OH excluding ortho intramolecular Hbond substituents is 1. The summed E-state index contributed by atoms with van der Waals surface area (Å²) in [6.45, 7) is 4.01. The first-order chi connectivity index (χ1) is 8.61. The van der Waals surface area contributed by atoms with Crippen molar-refractivity contribution in [3.05, 3.63) is 48.3 Å². The number of halogens is 2. The molecule has 0 atom stereocenters. The first-order valence-electron chi connectivity index (χ1n) is 5.78. The molecule has 2 aromatic carbocycles. The Hall–Kier alpha value is -1.54. The summed E-state index contributed by atoms with van der Waals surface area (Å²) in [5, 5.41) is 11.3. The zero-order chi connectivity index (χ0) is 13.1. The Balaban J connectivity index is 2.52. The van der Waals surface area contributed by atoms with Crippen molar-refractivity contribution in [2.75, 3.05) is 5.88 Å². The van der Waals surface area contributed by atoms with Crippen LogP contribution in [0.15, 0.2) is 36.9 Å². The summed E-state index contributed by atoms with van der Waals surface area (Å²) in [7, 11) is 0. The standard InChI is InChI=1S/C15H14ClFO/c1-10(3-2-6-16)15-9-13(18)8-11-7-12(17)4-5-14(11)15/h4-5,7-9,18H,1-3,6H2. The molecule has 0 aliphatic rings. The Bertz CT molecular complexity index is 587. The summed E-state index contributed by atoms with van der Waals surface area (Å²) in [5.41, 5.74) is 1.76. The van der Waals surface area contributed by atoms with Crippen molar-refractivity contribution in [1.29, 1.82) is 0 Å². The molecule has 0 saturated heterocycles. The van der Waals surface area contributed by atoms with Crippen molar-refractivity contribution in [2.24, 2.45) is 0 Å². The zero-order valence-electron chi connectivity index (χ0n) is 9.92. The highest BCUT2D eigenvalue weighted by atomic mass is 35.5. The molecule has 18 heavy (non-hydrogen) atoms. The summed E-state index contributed by atoms with van der Waals surface area (Å²) in [5.74, 6) is 0.380. The average molecular weight is 265 g/mol. The first-order valence-corrected chi connectivity index (χ1v) is 6.31. The Morgan fingerprint density at radius 2 is 2.06 bits per heavy atom. The number of rotatable bonds is 4. The van der Waals surface area contributed by atoms with E-state index in [4.69, 9.17) is 11.6 Å². The highest BCUT2D eigenvalue weighted by Crippen LogP contribution is 2.31. The fraction of sp³-hybridized carbons (Fsp3) is 0.200. The van der Waals surface area contributed by atoms with Crippen LogP contribution in [0, 0.1) is 5.82 Å². The van der Waals surface area contributed by atoms with E-state index in [1.807, 2.05) is 0 Å². The minimum Gasteiger partial charge on any atom is -0.508 e. The molecule has 0 bridgehead atoms. The molecule has 0 aliphatic heterocycles. The molecule has 0 unspecified atom stereocenters. The van der Waals surface area contributed by atoms with Gasteiger partial charge in [-0.25, -0.2) is 4.39 Å². The van der Waals surface area contributed by atoms with Crippen LogP contribution in [0.25, 0.3) is 16.3 Å². The predicted octanol–water partition coefficient (Wildman–Crippen LogP) is 4.72. The van der Waals surface area contributed by atoms with Gasteiger partial charge in [-0.3, -0.25) is 0 Å².